The molecule has 0 spiro atoms. The van der Waals surface area contributed by atoms with Crippen molar-refractivity contribution < 1.29 is 14.0 Å². The molecule has 0 aromatic rings. The molecule has 1 unspecified atom stereocenters. The molecule has 0 aromatic heterocycles. The van der Waals surface area contributed by atoms with Crippen LogP contribution in [0.15, 0.2) is 0 Å². The standard InChI is InChI=1S/C6H12O3SSi/c1-3-6(10)11(4-7,5-8)9-2/h4-6,10H,3H2,1-2H3. The van der Waals surface area contributed by atoms with Crippen LogP contribution in [-0.4, -0.2) is 32.1 Å². The molecule has 11 heavy (non-hydrogen) atoms. The summed E-state index contributed by atoms with van der Waals surface area (Å²) in [6.45, 7) is 1.87. The summed E-state index contributed by atoms with van der Waals surface area (Å²) in [6.07, 6.45) is 0.667. The predicted octanol–water partition coefficient (Wildman–Crippen LogP) is 0.370. The van der Waals surface area contributed by atoms with Gasteiger partial charge in [0.2, 0.25) is 0 Å². The fourth-order valence-electron chi connectivity index (χ4n) is 0.736. The van der Waals surface area contributed by atoms with E-state index in [0.717, 1.165) is 0 Å². The van der Waals surface area contributed by atoms with Gasteiger partial charge in [0.25, 0.3) is 0 Å². The van der Waals surface area contributed by atoms with Crippen LogP contribution in [0.3, 0.4) is 0 Å². The fraction of sp³-hybridized carbons (Fsp3) is 0.667. The Morgan fingerprint density at radius 1 is 1.55 bits per heavy atom. The van der Waals surface area contributed by atoms with Crippen LogP contribution >= 0.6 is 12.6 Å². The van der Waals surface area contributed by atoms with E-state index in [0.29, 0.717) is 18.2 Å². The Morgan fingerprint density at radius 3 is 2.09 bits per heavy atom. The van der Waals surface area contributed by atoms with Crippen LogP contribution in [0.25, 0.3) is 0 Å². The lowest BCUT2D eigenvalue weighted by Gasteiger charge is -2.21. The first-order valence-electron chi connectivity index (χ1n) is 3.32. The van der Waals surface area contributed by atoms with Crippen LogP contribution in [-0.2, 0) is 14.0 Å². The number of thiol groups is 1. The maximum Gasteiger partial charge on any atom is 0.338 e. The second-order valence-electron chi connectivity index (χ2n) is 2.22. The lowest BCUT2D eigenvalue weighted by atomic mass is 10.6. The molecule has 0 aromatic carbocycles. The van der Waals surface area contributed by atoms with Crippen LogP contribution in [0.2, 0.25) is 0 Å². The number of rotatable bonds is 5. The van der Waals surface area contributed by atoms with E-state index < -0.39 is 8.32 Å². The van der Waals surface area contributed by atoms with Crippen LogP contribution < -0.4 is 0 Å². The van der Waals surface area contributed by atoms with Crippen molar-refractivity contribution in [2.24, 2.45) is 0 Å². The summed E-state index contributed by atoms with van der Waals surface area (Å²) < 4.78 is 4.92. The van der Waals surface area contributed by atoms with Gasteiger partial charge in [0, 0.05) is 12.0 Å². The molecule has 0 N–H and O–H groups in total. The Kier molecular flexibility index (Phi) is 4.63. The van der Waals surface area contributed by atoms with E-state index in [1.54, 1.807) is 0 Å². The van der Waals surface area contributed by atoms with E-state index in [-0.39, 0.29) is 4.87 Å². The third kappa shape index (κ3) is 2.15. The Bertz CT molecular complexity index is 143. The van der Waals surface area contributed by atoms with Crippen molar-refractivity contribution in [3.05, 3.63) is 0 Å². The molecule has 0 aliphatic carbocycles. The van der Waals surface area contributed by atoms with Crippen molar-refractivity contribution in [2.75, 3.05) is 7.11 Å². The van der Waals surface area contributed by atoms with Gasteiger partial charge in [0.1, 0.15) is 11.8 Å². The zero-order valence-corrected chi connectivity index (χ0v) is 8.51. The molecule has 0 saturated heterocycles. The first-order valence-corrected chi connectivity index (χ1v) is 5.98. The first kappa shape index (κ1) is 10.9. The van der Waals surface area contributed by atoms with Crippen LogP contribution in [0.1, 0.15) is 13.3 Å². The largest absolute Gasteiger partial charge is 0.407 e. The van der Waals surface area contributed by atoms with E-state index in [9.17, 15) is 9.59 Å². The molecule has 0 radical (unpaired) electrons. The Hall–Kier alpha value is -0.133. The third-order valence-corrected chi connectivity index (χ3v) is 6.10. The highest BCUT2D eigenvalue weighted by Gasteiger charge is 2.40. The van der Waals surface area contributed by atoms with Crippen LogP contribution in [0, 0.1) is 0 Å². The SMILES string of the molecule is CCC(S)[Si](C=O)(C=O)OC. The van der Waals surface area contributed by atoms with Crippen molar-refractivity contribution in [3.63, 3.8) is 0 Å². The van der Waals surface area contributed by atoms with E-state index >= 15 is 0 Å². The van der Waals surface area contributed by atoms with Gasteiger partial charge in [-0.15, -0.1) is 0 Å². The van der Waals surface area contributed by atoms with Crippen molar-refractivity contribution in [1.29, 1.82) is 0 Å². The normalized spacial score (nSPS) is 14.1. The molecule has 0 rings (SSSR count). The predicted molar refractivity (Wildman–Crippen MR) is 49.3 cm³/mol. The highest BCUT2D eigenvalue weighted by Crippen LogP contribution is 2.13. The molecule has 5 heteroatoms. The van der Waals surface area contributed by atoms with Gasteiger partial charge in [-0.2, -0.15) is 12.6 Å². The number of hydrogen-bond acceptors (Lipinski definition) is 4. The minimum Gasteiger partial charge on any atom is -0.407 e. The monoisotopic (exact) mass is 192 g/mol. The molecule has 0 amide bonds. The van der Waals surface area contributed by atoms with Gasteiger partial charge < -0.3 is 14.0 Å². The topological polar surface area (TPSA) is 43.4 Å². The molecular formula is C6H12O3SSi. The van der Waals surface area contributed by atoms with Gasteiger partial charge >= 0.3 is 8.32 Å². The summed E-state index contributed by atoms with van der Waals surface area (Å²) in [5.41, 5.74) is 0. The van der Waals surface area contributed by atoms with Crippen molar-refractivity contribution in [2.45, 2.75) is 18.2 Å². The van der Waals surface area contributed by atoms with E-state index in [2.05, 4.69) is 12.6 Å². The smallest absolute Gasteiger partial charge is 0.338 e. The number of hydrogen-bond donors (Lipinski definition) is 1. The average Bonchev–Trinajstić information content (AvgIpc) is 2.08. The van der Waals surface area contributed by atoms with Crippen molar-refractivity contribution in [1.82, 2.24) is 0 Å². The van der Waals surface area contributed by atoms with E-state index in [4.69, 9.17) is 4.43 Å². The molecule has 0 aliphatic heterocycles. The molecule has 1 atom stereocenters. The average molecular weight is 192 g/mol. The third-order valence-electron chi connectivity index (χ3n) is 1.63. The van der Waals surface area contributed by atoms with E-state index in [1.807, 2.05) is 6.92 Å². The second-order valence-corrected chi connectivity index (χ2v) is 6.61. The maximum absolute atomic E-state index is 10.5. The summed E-state index contributed by atoms with van der Waals surface area (Å²) in [6, 6.07) is 0. The highest BCUT2D eigenvalue weighted by molar-refractivity contribution is 7.84. The molecule has 0 heterocycles. The Balaban J connectivity index is 4.52. The Labute approximate surface area is 72.7 Å². The zero-order valence-electron chi connectivity index (χ0n) is 6.61. The van der Waals surface area contributed by atoms with Crippen molar-refractivity contribution in [3.8, 4) is 0 Å². The Morgan fingerprint density at radius 2 is 2.00 bits per heavy atom. The highest BCUT2D eigenvalue weighted by atomic mass is 32.1. The summed E-state index contributed by atoms with van der Waals surface area (Å²) in [5.74, 6) is 1.25. The summed E-state index contributed by atoms with van der Waals surface area (Å²) in [7, 11) is -1.43. The lowest BCUT2D eigenvalue weighted by molar-refractivity contribution is 0.408. The fourth-order valence-corrected chi connectivity index (χ4v) is 2.89. The van der Waals surface area contributed by atoms with E-state index in [1.165, 1.54) is 7.11 Å². The second kappa shape index (κ2) is 4.69. The van der Waals surface area contributed by atoms with Gasteiger partial charge in [-0.05, 0) is 6.42 Å². The maximum atomic E-state index is 10.5. The van der Waals surface area contributed by atoms with Crippen LogP contribution in [0.4, 0.5) is 0 Å². The number of carbonyl (C=O) groups excluding carboxylic acids is 2. The molecule has 0 fully saturated rings. The first-order chi connectivity index (χ1) is 5.16. The molecule has 0 bridgehead atoms. The van der Waals surface area contributed by atoms with Gasteiger partial charge in [-0.3, -0.25) is 0 Å². The number of carbonyl (C=O) groups is 2. The van der Waals surface area contributed by atoms with Gasteiger partial charge in [0.05, 0.1) is 0 Å². The van der Waals surface area contributed by atoms with Gasteiger partial charge in [-0.1, -0.05) is 6.92 Å². The minimum atomic E-state index is -2.82. The summed E-state index contributed by atoms with van der Waals surface area (Å²) >= 11 is 4.13. The van der Waals surface area contributed by atoms with Gasteiger partial charge in [0.15, 0.2) is 0 Å². The molecule has 0 aliphatic rings. The van der Waals surface area contributed by atoms with Crippen molar-refractivity contribution >= 4 is 32.8 Å². The molecule has 0 saturated carbocycles. The van der Waals surface area contributed by atoms with Crippen LogP contribution in [0.5, 0.6) is 0 Å². The summed E-state index contributed by atoms with van der Waals surface area (Å²) in [4.78, 5) is 20.9. The molecule has 64 valence electrons. The minimum absolute atomic E-state index is 0.234. The lowest BCUT2D eigenvalue weighted by Crippen LogP contribution is -2.51. The molecule has 3 nitrogen and oxygen atoms in total. The quantitative estimate of drug-likeness (QED) is 0.389. The van der Waals surface area contributed by atoms with Gasteiger partial charge in [-0.25, -0.2) is 0 Å². The molecular weight excluding hydrogens is 180 g/mol. The summed E-state index contributed by atoms with van der Waals surface area (Å²) in [5, 5.41) is 0. The zero-order chi connectivity index (χ0) is 8.91.